The zero-order valence-corrected chi connectivity index (χ0v) is 16.4. The summed E-state index contributed by atoms with van der Waals surface area (Å²) in [4.78, 5) is 34.4. The van der Waals surface area contributed by atoms with Crippen LogP contribution in [0.4, 0.5) is 0 Å². The van der Waals surface area contributed by atoms with Crippen LogP contribution >= 0.6 is 0 Å². The number of carbonyl (C=O) groups is 3. The summed E-state index contributed by atoms with van der Waals surface area (Å²) in [5, 5.41) is 18.2. The summed E-state index contributed by atoms with van der Waals surface area (Å²) in [6.07, 6.45) is 7.39. The van der Waals surface area contributed by atoms with Crippen molar-refractivity contribution in [1.29, 1.82) is 0 Å². The topological polar surface area (TPSA) is 101 Å². The fourth-order valence-corrected chi connectivity index (χ4v) is 3.33. The van der Waals surface area contributed by atoms with Crippen LogP contribution in [-0.2, 0) is 4.74 Å². The molecule has 0 heterocycles. The highest BCUT2D eigenvalue weighted by Gasteiger charge is 2.23. The number of hydrogen-bond acceptors (Lipinski definition) is 4. The molecule has 0 bridgehead atoms. The lowest BCUT2D eigenvalue weighted by atomic mass is 9.76. The average Bonchev–Trinajstić information content (AvgIpc) is 2.67. The first-order chi connectivity index (χ1) is 12.8. The second-order valence-electron chi connectivity index (χ2n) is 6.88. The second-order valence-corrected chi connectivity index (χ2v) is 6.88. The van der Waals surface area contributed by atoms with Crippen molar-refractivity contribution >= 4 is 17.9 Å². The Bertz CT molecular complexity index is 652. The highest BCUT2D eigenvalue weighted by atomic mass is 16.5. The number of benzene rings is 1. The summed E-state index contributed by atoms with van der Waals surface area (Å²) in [6.45, 7) is 6.90. The molecule has 0 unspecified atom stereocenters. The third-order valence-electron chi connectivity index (χ3n) is 5.55. The molecule has 2 N–H and O–H groups in total. The standard InChI is InChI=1S/C21H30O6/c1-4-21(5-2,6-3)12-8-7-9-13-27-20(26)16-11-10-15(18(22)23)14-17(16)19(24)25/h10-11,14H,4-9,12-13H2,1-3H3,(H,22,23)(H,24,25). The van der Waals surface area contributed by atoms with Gasteiger partial charge < -0.3 is 14.9 Å². The minimum absolute atomic E-state index is 0.130. The molecule has 0 aliphatic carbocycles. The van der Waals surface area contributed by atoms with E-state index in [1.165, 1.54) is 31.4 Å². The van der Waals surface area contributed by atoms with Crippen LogP contribution in [0.15, 0.2) is 18.2 Å². The highest BCUT2D eigenvalue weighted by Crippen LogP contribution is 2.36. The predicted molar refractivity (Wildman–Crippen MR) is 102 cm³/mol. The highest BCUT2D eigenvalue weighted by molar-refractivity contribution is 6.04. The first-order valence-corrected chi connectivity index (χ1v) is 9.58. The predicted octanol–water partition coefficient (Wildman–Crippen LogP) is 5.02. The molecule has 0 aliphatic heterocycles. The van der Waals surface area contributed by atoms with E-state index in [0.29, 0.717) is 11.8 Å². The van der Waals surface area contributed by atoms with Crippen molar-refractivity contribution < 1.29 is 29.3 Å². The Morgan fingerprint density at radius 3 is 2.04 bits per heavy atom. The fourth-order valence-electron chi connectivity index (χ4n) is 3.33. The molecular formula is C21H30O6. The van der Waals surface area contributed by atoms with Crippen LogP contribution in [0.5, 0.6) is 0 Å². The lowest BCUT2D eigenvalue weighted by Gasteiger charge is -2.30. The number of hydrogen-bond donors (Lipinski definition) is 2. The van der Waals surface area contributed by atoms with Crippen LogP contribution in [-0.4, -0.2) is 34.7 Å². The Morgan fingerprint density at radius 1 is 0.889 bits per heavy atom. The maximum absolute atomic E-state index is 12.1. The van der Waals surface area contributed by atoms with Crippen LogP contribution in [0.2, 0.25) is 0 Å². The van der Waals surface area contributed by atoms with Crippen LogP contribution in [0.25, 0.3) is 0 Å². The monoisotopic (exact) mass is 378 g/mol. The molecular weight excluding hydrogens is 348 g/mol. The van der Waals surface area contributed by atoms with Gasteiger partial charge >= 0.3 is 17.9 Å². The van der Waals surface area contributed by atoms with Gasteiger partial charge in [0.05, 0.1) is 23.3 Å². The molecule has 6 nitrogen and oxygen atoms in total. The minimum atomic E-state index is -1.36. The molecule has 0 radical (unpaired) electrons. The fraction of sp³-hybridized carbons (Fsp3) is 0.571. The van der Waals surface area contributed by atoms with E-state index in [1.807, 2.05) is 0 Å². The summed E-state index contributed by atoms with van der Waals surface area (Å²) in [6, 6.07) is 3.36. The second kappa shape index (κ2) is 10.7. The average molecular weight is 378 g/mol. The van der Waals surface area contributed by atoms with Gasteiger partial charge in [0, 0.05) is 0 Å². The normalized spacial score (nSPS) is 11.2. The maximum atomic E-state index is 12.1. The zero-order chi connectivity index (χ0) is 20.4. The number of esters is 1. The molecule has 150 valence electrons. The molecule has 1 aromatic carbocycles. The molecule has 0 aromatic heterocycles. The van der Waals surface area contributed by atoms with E-state index < -0.39 is 17.9 Å². The molecule has 1 aromatic rings. The van der Waals surface area contributed by atoms with Gasteiger partial charge in [-0.2, -0.15) is 0 Å². The third kappa shape index (κ3) is 6.38. The van der Waals surface area contributed by atoms with Gasteiger partial charge in [0.25, 0.3) is 0 Å². The Morgan fingerprint density at radius 2 is 1.52 bits per heavy atom. The van der Waals surface area contributed by atoms with Gasteiger partial charge in [0.2, 0.25) is 0 Å². The van der Waals surface area contributed by atoms with E-state index in [-0.39, 0.29) is 23.3 Å². The number of ether oxygens (including phenoxy) is 1. The van der Waals surface area contributed by atoms with Gasteiger partial charge in [0.1, 0.15) is 0 Å². The molecule has 0 amide bonds. The number of carboxylic acid groups (broad SMARTS) is 2. The smallest absolute Gasteiger partial charge is 0.339 e. The summed E-state index contributed by atoms with van der Waals surface area (Å²) >= 11 is 0. The van der Waals surface area contributed by atoms with Gasteiger partial charge in [-0.1, -0.05) is 52.9 Å². The minimum Gasteiger partial charge on any atom is -0.478 e. The van der Waals surface area contributed by atoms with Crippen molar-refractivity contribution in [3.8, 4) is 0 Å². The largest absolute Gasteiger partial charge is 0.478 e. The number of carbonyl (C=O) groups excluding carboxylic acids is 1. The third-order valence-corrected chi connectivity index (χ3v) is 5.55. The lowest BCUT2D eigenvalue weighted by Crippen LogP contribution is -2.17. The van der Waals surface area contributed by atoms with E-state index in [1.54, 1.807) is 0 Å². The Labute approximate surface area is 160 Å². The van der Waals surface area contributed by atoms with Gasteiger partial charge in [-0.05, 0) is 36.5 Å². The lowest BCUT2D eigenvalue weighted by molar-refractivity contribution is 0.0485. The van der Waals surface area contributed by atoms with Crippen LogP contribution in [0, 0.1) is 5.41 Å². The van der Waals surface area contributed by atoms with Crippen molar-refractivity contribution in [3.05, 3.63) is 34.9 Å². The molecule has 0 fully saturated rings. The van der Waals surface area contributed by atoms with Gasteiger partial charge in [-0.15, -0.1) is 0 Å². The summed E-state index contributed by atoms with van der Waals surface area (Å²) in [5.74, 6) is -3.35. The van der Waals surface area contributed by atoms with Crippen LogP contribution < -0.4 is 0 Å². The molecule has 1 rings (SSSR count). The van der Waals surface area contributed by atoms with Crippen LogP contribution in [0.1, 0.15) is 96.8 Å². The van der Waals surface area contributed by atoms with Crippen molar-refractivity contribution in [2.24, 2.45) is 5.41 Å². The van der Waals surface area contributed by atoms with E-state index in [9.17, 15) is 19.5 Å². The van der Waals surface area contributed by atoms with E-state index in [0.717, 1.165) is 25.3 Å². The number of carboxylic acids is 2. The maximum Gasteiger partial charge on any atom is 0.339 e. The van der Waals surface area contributed by atoms with Crippen molar-refractivity contribution in [1.82, 2.24) is 0 Å². The summed E-state index contributed by atoms with van der Waals surface area (Å²) in [5.41, 5.74) is -0.276. The molecule has 0 saturated heterocycles. The first-order valence-electron chi connectivity index (χ1n) is 9.58. The Hall–Kier alpha value is -2.37. The molecule has 0 atom stereocenters. The molecule has 0 saturated carbocycles. The van der Waals surface area contributed by atoms with Crippen LogP contribution in [0.3, 0.4) is 0 Å². The number of aromatic carboxylic acids is 2. The van der Waals surface area contributed by atoms with Crippen molar-refractivity contribution in [2.75, 3.05) is 6.61 Å². The van der Waals surface area contributed by atoms with Gasteiger partial charge in [-0.25, -0.2) is 14.4 Å². The molecule has 6 heteroatoms. The van der Waals surface area contributed by atoms with Gasteiger partial charge in [0.15, 0.2) is 0 Å². The quantitative estimate of drug-likeness (QED) is 0.391. The molecule has 27 heavy (non-hydrogen) atoms. The van der Waals surface area contributed by atoms with E-state index >= 15 is 0 Å². The van der Waals surface area contributed by atoms with Gasteiger partial charge in [-0.3, -0.25) is 0 Å². The Kier molecular flexibility index (Phi) is 8.98. The van der Waals surface area contributed by atoms with Crippen molar-refractivity contribution in [2.45, 2.75) is 65.7 Å². The molecule has 0 aliphatic rings. The van der Waals surface area contributed by atoms with E-state index in [4.69, 9.17) is 9.84 Å². The summed E-state index contributed by atoms with van der Waals surface area (Å²) in [7, 11) is 0. The number of rotatable bonds is 12. The van der Waals surface area contributed by atoms with E-state index in [2.05, 4.69) is 20.8 Å². The molecule has 0 spiro atoms. The number of unbranched alkanes of at least 4 members (excludes halogenated alkanes) is 2. The Balaban J connectivity index is 2.54. The van der Waals surface area contributed by atoms with Crippen molar-refractivity contribution in [3.63, 3.8) is 0 Å². The SMILES string of the molecule is CCC(CC)(CC)CCCCCOC(=O)c1ccc(C(=O)O)cc1C(=O)O. The first kappa shape index (κ1) is 22.7. The summed E-state index contributed by atoms with van der Waals surface area (Å²) < 4.78 is 5.18. The zero-order valence-electron chi connectivity index (χ0n) is 16.4.